The zero-order valence-electron chi connectivity index (χ0n) is 14.2. The Morgan fingerprint density at radius 2 is 1.85 bits per heavy atom. The third-order valence-corrected chi connectivity index (χ3v) is 5.31. The Balaban J connectivity index is 0.00000131. The molecule has 2 fully saturated rings. The van der Waals surface area contributed by atoms with E-state index >= 15 is 0 Å². The molecule has 27 heavy (non-hydrogen) atoms. The Labute approximate surface area is 180 Å². The zero-order valence-corrected chi connectivity index (χ0v) is 17.4. The van der Waals surface area contributed by atoms with Crippen LogP contribution in [0.4, 0.5) is 0 Å². The maximum Gasteiger partial charge on any atom is 0.259 e. The van der Waals surface area contributed by atoms with E-state index in [-0.39, 0.29) is 36.6 Å². The summed E-state index contributed by atoms with van der Waals surface area (Å²) in [5.41, 5.74) is 0.446. The number of rotatable bonds is 3. The predicted octanol–water partition coefficient (Wildman–Crippen LogP) is 4.32. The van der Waals surface area contributed by atoms with Crippen LogP contribution < -0.4 is 10.1 Å². The maximum absolute atomic E-state index is 13.0. The van der Waals surface area contributed by atoms with Crippen LogP contribution in [0.5, 0.6) is 11.6 Å². The summed E-state index contributed by atoms with van der Waals surface area (Å²) in [5.74, 6) is 1.70. The van der Waals surface area contributed by atoms with E-state index in [0.717, 1.165) is 26.2 Å². The van der Waals surface area contributed by atoms with Crippen LogP contribution in [0.3, 0.4) is 0 Å². The lowest BCUT2D eigenvalue weighted by Gasteiger charge is -2.19. The summed E-state index contributed by atoms with van der Waals surface area (Å²) in [4.78, 5) is 19.1. The topological polar surface area (TPSA) is 54.5 Å². The first-order chi connectivity index (χ1) is 12.1. The molecule has 3 heterocycles. The van der Waals surface area contributed by atoms with Gasteiger partial charge in [0.1, 0.15) is 11.3 Å². The average Bonchev–Trinajstić information content (AvgIpc) is 3.19. The highest BCUT2D eigenvalue weighted by atomic mass is 35.5. The van der Waals surface area contributed by atoms with Crippen molar-refractivity contribution in [2.75, 3.05) is 26.2 Å². The number of benzene rings is 1. The van der Waals surface area contributed by atoms with Crippen molar-refractivity contribution in [3.05, 3.63) is 52.1 Å². The smallest absolute Gasteiger partial charge is 0.259 e. The molecule has 0 saturated carbocycles. The van der Waals surface area contributed by atoms with E-state index in [1.807, 2.05) is 4.90 Å². The SMILES string of the molecule is Cl.Cl.O=C(c1cccnc1Oc1ccc(Cl)cc1Cl)N1C[C@H]2CNC[C@H]2C1. The number of halogens is 4. The quantitative estimate of drug-likeness (QED) is 0.756. The van der Waals surface area contributed by atoms with Gasteiger partial charge in [0.05, 0.1) is 5.02 Å². The highest BCUT2D eigenvalue weighted by molar-refractivity contribution is 6.35. The van der Waals surface area contributed by atoms with Crippen LogP contribution in [0.2, 0.25) is 10.0 Å². The van der Waals surface area contributed by atoms with Crippen LogP contribution in [0.1, 0.15) is 10.4 Å². The molecular formula is C18H19Cl4N3O2. The van der Waals surface area contributed by atoms with E-state index in [9.17, 15) is 4.79 Å². The van der Waals surface area contributed by atoms with Gasteiger partial charge in [-0.05, 0) is 42.2 Å². The van der Waals surface area contributed by atoms with Gasteiger partial charge < -0.3 is 15.0 Å². The Morgan fingerprint density at radius 1 is 1.15 bits per heavy atom. The summed E-state index contributed by atoms with van der Waals surface area (Å²) >= 11 is 12.1. The van der Waals surface area contributed by atoms with E-state index in [1.54, 1.807) is 36.5 Å². The molecule has 0 spiro atoms. The number of carbonyl (C=O) groups is 1. The Kier molecular flexibility index (Phi) is 7.60. The predicted molar refractivity (Wildman–Crippen MR) is 111 cm³/mol. The van der Waals surface area contributed by atoms with E-state index in [0.29, 0.717) is 33.2 Å². The molecule has 0 radical (unpaired) electrons. The van der Waals surface area contributed by atoms with Crippen molar-refractivity contribution in [1.29, 1.82) is 0 Å². The highest BCUT2D eigenvalue weighted by Crippen LogP contribution is 2.33. The summed E-state index contributed by atoms with van der Waals surface area (Å²) in [6.07, 6.45) is 1.60. The molecule has 2 saturated heterocycles. The molecule has 2 aliphatic rings. The van der Waals surface area contributed by atoms with Gasteiger partial charge in [0.25, 0.3) is 5.91 Å². The zero-order chi connectivity index (χ0) is 17.4. The number of fused-ring (bicyclic) bond motifs is 1. The monoisotopic (exact) mass is 449 g/mol. The molecule has 1 aromatic carbocycles. The lowest BCUT2D eigenvalue weighted by molar-refractivity contribution is 0.0778. The molecule has 146 valence electrons. The van der Waals surface area contributed by atoms with Crippen molar-refractivity contribution in [1.82, 2.24) is 15.2 Å². The normalized spacial score (nSPS) is 20.4. The number of hydrogen-bond acceptors (Lipinski definition) is 4. The molecule has 0 unspecified atom stereocenters. The lowest BCUT2D eigenvalue weighted by atomic mass is 10.0. The van der Waals surface area contributed by atoms with Crippen molar-refractivity contribution in [3.63, 3.8) is 0 Å². The molecule has 1 amide bonds. The molecule has 1 N–H and O–H groups in total. The second kappa shape index (κ2) is 9.30. The number of carbonyl (C=O) groups excluding carboxylic acids is 1. The van der Waals surface area contributed by atoms with Crippen LogP contribution in [-0.4, -0.2) is 42.0 Å². The van der Waals surface area contributed by atoms with Gasteiger partial charge in [-0.25, -0.2) is 4.98 Å². The number of hydrogen-bond donors (Lipinski definition) is 1. The van der Waals surface area contributed by atoms with Crippen LogP contribution in [0, 0.1) is 11.8 Å². The molecule has 5 nitrogen and oxygen atoms in total. The number of nitrogens with zero attached hydrogens (tertiary/aromatic N) is 2. The van der Waals surface area contributed by atoms with Gasteiger partial charge in [-0.2, -0.15) is 0 Å². The summed E-state index contributed by atoms with van der Waals surface area (Å²) in [5, 5.41) is 4.27. The number of pyridine rings is 1. The molecular weight excluding hydrogens is 432 g/mol. The van der Waals surface area contributed by atoms with Gasteiger partial charge in [0, 0.05) is 37.4 Å². The standard InChI is InChI=1S/C18H17Cl2N3O2.2ClH/c19-13-3-4-16(15(20)6-13)25-17-14(2-1-5-22-17)18(24)23-9-11-7-21-8-12(11)10-23;;/h1-6,11-12,21H,7-10H2;2*1H/t11-,12+;;. The molecule has 1 aromatic heterocycles. The number of aromatic nitrogens is 1. The largest absolute Gasteiger partial charge is 0.437 e. The number of ether oxygens (including phenoxy) is 1. The minimum absolute atomic E-state index is 0. The molecule has 9 heteroatoms. The first-order valence-electron chi connectivity index (χ1n) is 8.20. The third-order valence-electron chi connectivity index (χ3n) is 4.78. The van der Waals surface area contributed by atoms with Crippen molar-refractivity contribution in [2.24, 2.45) is 11.8 Å². The lowest BCUT2D eigenvalue weighted by Crippen LogP contribution is -2.32. The molecule has 0 aliphatic carbocycles. The first kappa shape index (κ1) is 22.1. The van der Waals surface area contributed by atoms with Gasteiger partial charge >= 0.3 is 0 Å². The van der Waals surface area contributed by atoms with Crippen molar-refractivity contribution in [3.8, 4) is 11.6 Å². The summed E-state index contributed by atoms with van der Waals surface area (Å²) in [6.45, 7) is 3.50. The Hall–Kier alpha value is -1.24. The fourth-order valence-corrected chi connectivity index (χ4v) is 3.94. The van der Waals surface area contributed by atoms with Gasteiger partial charge in [-0.3, -0.25) is 4.79 Å². The van der Waals surface area contributed by atoms with E-state index < -0.39 is 0 Å². The fraction of sp³-hybridized carbons (Fsp3) is 0.333. The second-order valence-corrected chi connectivity index (χ2v) is 7.27. The van der Waals surface area contributed by atoms with Gasteiger partial charge in [-0.15, -0.1) is 24.8 Å². The first-order valence-corrected chi connectivity index (χ1v) is 8.95. The number of nitrogens with one attached hydrogen (secondary N) is 1. The minimum Gasteiger partial charge on any atom is -0.437 e. The van der Waals surface area contributed by atoms with Crippen LogP contribution in [-0.2, 0) is 0 Å². The second-order valence-electron chi connectivity index (χ2n) is 6.42. The average molecular weight is 451 g/mol. The Bertz CT molecular complexity index is 809. The third kappa shape index (κ3) is 4.61. The molecule has 0 bridgehead atoms. The van der Waals surface area contributed by atoms with Crippen LogP contribution >= 0.6 is 48.0 Å². The molecule has 4 rings (SSSR count). The van der Waals surface area contributed by atoms with E-state index in [2.05, 4.69) is 10.3 Å². The van der Waals surface area contributed by atoms with E-state index in [1.165, 1.54) is 0 Å². The van der Waals surface area contributed by atoms with Gasteiger partial charge in [-0.1, -0.05) is 23.2 Å². The molecule has 2 aliphatic heterocycles. The summed E-state index contributed by atoms with van der Waals surface area (Å²) in [6, 6.07) is 8.42. The Morgan fingerprint density at radius 3 is 2.52 bits per heavy atom. The van der Waals surface area contributed by atoms with Crippen LogP contribution in [0.15, 0.2) is 36.5 Å². The van der Waals surface area contributed by atoms with Crippen LogP contribution in [0.25, 0.3) is 0 Å². The molecule has 2 atom stereocenters. The van der Waals surface area contributed by atoms with Crippen molar-refractivity contribution < 1.29 is 9.53 Å². The number of likely N-dealkylation sites (tertiary alicyclic amines) is 1. The maximum atomic E-state index is 13.0. The summed E-state index contributed by atoms with van der Waals surface area (Å²) in [7, 11) is 0. The van der Waals surface area contributed by atoms with Crippen molar-refractivity contribution >= 4 is 53.9 Å². The van der Waals surface area contributed by atoms with Gasteiger partial charge in [0.2, 0.25) is 5.88 Å². The van der Waals surface area contributed by atoms with Gasteiger partial charge in [0.15, 0.2) is 0 Å². The van der Waals surface area contributed by atoms with E-state index in [4.69, 9.17) is 27.9 Å². The fourth-order valence-electron chi connectivity index (χ4n) is 3.49. The minimum atomic E-state index is -0.0532. The van der Waals surface area contributed by atoms with Crippen molar-refractivity contribution in [2.45, 2.75) is 0 Å². The highest BCUT2D eigenvalue weighted by Gasteiger charge is 2.39. The number of amides is 1. The molecule has 2 aromatic rings. The summed E-state index contributed by atoms with van der Waals surface area (Å²) < 4.78 is 5.81.